The molecule has 0 saturated heterocycles. The quantitative estimate of drug-likeness (QED) is 0.227. The zero-order valence-electron chi connectivity index (χ0n) is 24.2. The molecular formula is C32H34F2N4O4. The zero-order chi connectivity index (χ0) is 30.7. The average molecular weight is 577 g/mol. The van der Waals surface area contributed by atoms with Gasteiger partial charge in [-0.2, -0.15) is 5.10 Å². The molecule has 0 fully saturated rings. The van der Waals surface area contributed by atoms with E-state index in [2.05, 4.69) is 15.7 Å². The van der Waals surface area contributed by atoms with Gasteiger partial charge in [-0.1, -0.05) is 44.2 Å². The minimum absolute atomic E-state index is 0.0360. The lowest BCUT2D eigenvalue weighted by Gasteiger charge is -2.25. The molecule has 3 aromatic carbocycles. The first-order valence-electron chi connectivity index (χ1n) is 13.7. The summed E-state index contributed by atoms with van der Waals surface area (Å²) in [6.07, 6.45) is 1.28. The molecular weight excluding hydrogens is 542 g/mol. The van der Waals surface area contributed by atoms with Crippen LogP contribution in [-0.4, -0.2) is 38.7 Å². The molecule has 8 nitrogen and oxygen atoms in total. The molecule has 0 aliphatic heterocycles. The zero-order valence-corrected chi connectivity index (χ0v) is 24.2. The molecule has 4 rings (SSSR count). The van der Waals surface area contributed by atoms with E-state index in [9.17, 15) is 23.9 Å². The summed E-state index contributed by atoms with van der Waals surface area (Å²) < 4.78 is 31.8. The fourth-order valence-electron chi connectivity index (χ4n) is 5.25. The third-order valence-corrected chi connectivity index (χ3v) is 7.12. The lowest BCUT2D eigenvalue weighted by molar-refractivity contribution is -0.137. The normalized spacial score (nSPS) is 12.8. The Morgan fingerprint density at radius 1 is 1.00 bits per heavy atom. The van der Waals surface area contributed by atoms with Crippen molar-refractivity contribution in [3.8, 4) is 11.1 Å². The van der Waals surface area contributed by atoms with Crippen LogP contribution < -0.4 is 10.6 Å². The van der Waals surface area contributed by atoms with Crippen LogP contribution in [0.2, 0.25) is 0 Å². The monoisotopic (exact) mass is 576 g/mol. The Morgan fingerprint density at radius 2 is 1.67 bits per heavy atom. The lowest BCUT2D eigenvalue weighted by Crippen LogP contribution is -2.48. The minimum atomic E-state index is -1.40. The highest BCUT2D eigenvalue weighted by molar-refractivity contribution is 6.06. The Morgan fingerprint density at radius 3 is 2.31 bits per heavy atom. The van der Waals surface area contributed by atoms with Crippen molar-refractivity contribution in [2.24, 2.45) is 13.0 Å². The molecule has 42 heavy (non-hydrogen) atoms. The Kier molecular flexibility index (Phi) is 9.04. The lowest BCUT2D eigenvalue weighted by atomic mass is 9.92. The standard InChI is InChI=1S/C32H34F2N4O4/c1-17(2)12-26(36-31(41)22-11-7-10-20-16-38(5)37-30(20)22)32(42)35-25(15-27(39)40)23-13-21(14-24(33)29(23)34)28-18(3)8-6-9-19(28)4/h6-11,13-14,16-17,25-26H,12,15H2,1-5H3,(H,35,42)(H,36,41)(H,39,40)/t25-,26-/m0/s1. The van der Waals surface area contributed by atoms with Crippen LogP contribution in [0.15, 0.2) is 54.7 Å². The molecule has 10 heteroatoms. The van der Waals surface area contributed by atoms with Gasteiger partial charge in [-0.05, 0) is 66.6 Å². The Hall–Kier alpha value is -4.60. The van der Waals surface area contributed by atoms with Gasteiger partial charge in [-0.3, -0.25) is 19.1 Å². The molecule has 1 heterocycles. The van der Waals surface area contributed by atoms with Gasteiger partial charge >= 0.3 is 5.97 Å². The SMILES string of the molecule is Cc1cccc(C)c1-c1cc(F)c(F)c([C@H](CC(=O)O)NC(=O)[C@H](CC(C)C)NC(=O)c2cccc3cn(C)nc23)c1. The summed E-state index contributed by atoms with van der Waals surface area (Å²) in [4.78, 5) is 38.7. The van der Waals surface area contributed by atoms with E-state index in [1.807, 2.05) is 52.0 Å². The summed E-state index contributed by atoms with van der Waals surface area (Å²) in [5.74, 6) is -5.01. The number of aromatic nitrogens is 2. The molecule has 0 aliphatic carbocycles. The minimum Gasteiger partial charge on any atom is -0.481 e. The molecule has 0 aliphatic rings. The van der Waals surface area contributed by atoms with E-state index in [-0.39, 0.29) is 23.5 Å². The number of nitrogens with zero attached hydrogens (tertiary/aromatic N) is 2. The highest BCUT2D eigenvalue weighted by atomic mass is 19.2. The van der Waals surface area contributed by atoms with Gasteiger partial charge in [0.1, 0.15) is 11.6 Å². The molecule has 2 atom stereocenters. The first-order valence-corrected chi connectivity index (χ1v) is 13.7. The van der Waals surface area contributed by atoms with Crippen LogP contribution in [-0.2, 0) is 16.6 Å². The van der Waals surface area contributed by atoms with Crippen molar-refractivity contribution in [3.05, 3.63) is 88.6 Å². The number of rotatable bonds is 10. The van der Waals surface area contributed by atoms with E-state index < -0.39 is 47.9 Å². The summed E-state index contributed by atoms with van der Waals surface area (Å²) >= 11 is 0. The Bertz CT molecular complexity index is 1640. The van der Waals surface area contributed by atoms with Crippen LogP contribution in [0.4, 0.5) is 8.78 Å². The molecule has 2 amide bonds. The van der Waals surface area contributed by atoms with Crippen molar-refractivity contribution >= 4 is 28.7 Å². The van der Waals surface area contributed by atoms with Crippen LogP contribution in [0.3, 0.4) is 0 Å². The third-order valence-electron chi connectivity index (χ3n) is 7.12. The molecule has 0 unspecified atom stereocenters. The number of amides is 2. The van der Waals surface area contributed by atoms with E-state index in [1.165, 1.54) is 6.07 Å². The van der Waals surface area contributed by atoms with Gasteiger partial charge in [0.2, 0.25) is 5.91 Å². The number of halogens is 2. The second-order valence-corrected chi connectivity index (χ2v) is 11.0. The van der Waals surface area contributed by atoms with Gasteiger partial charge in [-0.15, -0.1) is 0 Å². The first kappa shape index (κ1) is 30.4. The van der Waals surface area contributed by atoms with Crippen molar-refractivity contribution in [1.82, 2.24) is 20.4 Å². The van der Waals surface area contributed by atoms with Crippen LogP contribution >= 0.6 is 0 Å². The van der Waals surface area contributed by atoms with Gasteiger partial charge < -0.3 is 15.7 Å². The third kappa shape index (κ3) is 6.64. The number of hydrogen-bond acceptors (Lipinski definition) is 4. The molecule has 1 aromatic heterocycles. The second-order valence-electron chi connectivity index (χ2n) is 11.0. The number of aryl methyl sites for hydroxylation is 3. The fourth-order valence-corrected chi connectivity index (χ4v) is 5.25. The molecule has 3 N–H and O–H groups in total. The maximum absolute atomic E-state index is 15.2. The molecule has 0 bridgehead atoms. The summed E-state index contributed by atoms with van der Waals surface area (Å²) in [5.41, 5.74) is 3.14. The number of carboxylic acids is 1. The van der Waals surface area contributed by atoms with Gasteiger partial charge in [0.15, 0.2) is 11.6 Å². The van der Waals surface area contributed by atoms with E-state index in [0.29, 0.717) is 16.6 Å². The van der Waals surface area contributed by atoms with Crippen LogP contribution in [0.25, 0.3) is 22.0 Å². The molecule has 0 radical (unpaired) electrons. The highest BCUT2D eigenvalue weighted by Gasteiger charge is 2.30. The molecule has 0 saturated carbocycles. The van der Waals surface area contributed by atoms with E-state index >= 15 is 4.39 Å². The number of nitrogens with one attached hydrogen (secondary N) is 2. The summed E-state index contributed by atoms with van der Waals surface area (Å²) in [7, 11) is 1.73. The molecule has 220 valence electrons. The number of carbonyl (C=O) groups is 3. The molecule has 0 spiro atoms. The number of hydrogen-bond donors (Lipinski definition) is 3. The van der Waals surface area contributed by atoms with Crippen molar-refractivity contribution in [2.75, 3.05) is 0 Å². The Balaban J connectivity index is 1.68. The first-order chi connectivity index (χ1) is 19.8. The van der Waals surface area contributed by atoms with Gasteiger partial charge in [0.05, 0.1) is 18.0 Å². The second kappa shape index (κ2) is 12.5. The largest absolute Gasteiger partial charge is 0.481 e. The fraction of sp³-hybridized carbons (Fsp3) is 0.312. The smallest absolute Gasteiger partial charge is 0.305 e. The van der Waals surface area contributed by atoms with Crippen LogP contribution in [0.5, 0.6) is 0 Å². The number of fused-ring (bicyclic) bond motifs is 1. The number of carbonyl (C=O) groups excluding carboxylic acids is 2. The average Bonchev–Trinajstić information content (AvgIpc) is 3.29. The van der Waals surface area contributed by atoms with E-state index in [4.69, 9.17) is 0 Å². The summed E-state index contributed by atoms with van der Waals surface area (Å²) in [5, 5.41) is 20.0. The van der Waals surface area contributed by atoms with Crippen molar-refractivity contribution in [3.63, 3.8) is 0 Å². The topological polar surface area (TPSA) is 113 Å². The van der Waals surface area contributed by atoms with Crippen molar-refractivity contribution in [1.29, 1.82) is 0 Å². The predicted octanol–water partition coefficient (Wildman–Crippen LogP) is 5.61. The molecule has 4 aromatic rings. The highest BCUT2D eigenvalue weighted by Crippen LogP contribution is 2.33. The summed E-state index contributed by atoms with van der Waals surface area (Å²) in [6.45, 7) is 7.40. The van der Waals surface area contributed by atoms with Gasteiger partial charge in [-0.25, -0.2) is 8.78 Å². The maximum Gasteiger partial charge on any atom is 0.305 e. The van der Waals surface area contributed by atoms with Crippen molar-refractivity contribution in [2.45, 2.75) is 52.6 Å². The van der Waals surface area contributed by atoms with Gasteiger partial charge in [0, 0.05) is 24.2 Å². The summed E-state index contributed by atoms with van der Waals surface area (Å²) in [6, 6.07) is 10.6. The predicted molar refractivity (Wildman–Crippen MR) is 156 cm³/mol. The Labute approximate surface area is 242 Å². The van der Waals surface area contributed by atoms with Gasteiger partial charge in [0.25, 0.3) is 5.91 Å². The maximum atomic E-state index is 15.2. The van der Waals surface area contributed by atoms with Crippen LogP contribution in [0.1, 0.15) is 59.8 Å². The number of benzene rings is 3. The van der Waals surface area contributed by atoms with E-state index in [1.54, 1.807) is 30.1 Å². The van der Waals surface area contributed by atoms with Crippen LogP contribution in [0, 0.1) is 31.4 Å². The van der Waals surface area contributed by atoms with Crippen molar-refractivity contribution < 1.29 is 28.3 Å². The van der Waals surface area contributed by atoms with E-state index in [0.717, 1.165) is 22.6 Å². The number of carboxylic acid groups (broad SMARTS) is 1. The number of aliphatic carboxylic acids is 1.